The molecule has 1 N–H and O–H groups in total. The summed E-state index contributed by atoms with van der Waals surface area (Å²) in [5.74, 6) is 1.72. The molecule has 2 saturated carbocycles. The first kappa shape index (κ1) is 16.0. The number of imide groups is 1. The predicted octanol–water partition coefficient (Wildman–Crippen LogP) is 2.74. The van der Waals surface area contributed by atoms with Crippen LogP contribution in [-0.4, -0.2) is 28.7 Å². The van der Waals surface area contributed by atoms with E-state index in [4.69, 9.17) is 0 Å². The lowest BCUT2D eigenvalue weighted by Gasteiger charge is -2.29. The number of fused-ring (bicyclic) bond motifs is 3. The molecule has 1 aromatic carbocycles. The molecule has 2 aliphatic carbocycles. The minimum absolute atomic E-state index is 0.0789. The number of benzene rings is 1. The van der Waals surface area contributed by atoms with Gasteiger partial charge in [0.1, 0.15) is 6.04 Å². The van der Waals surface area contributed by atoms with Crippen LogP contribution in [0.3, 0.4) is 0 Å². The van der Waals surface area contributed by atoms with E-state index >= 15 is 0 Å². The first-order valence-electron chi connectivity index (χ1n) is 9.86. The summed E-state index contributed by atoms with van der Waals surface area (Å²) in [6, 6.07) is 5.76. The Balaban J connectivity index is 1.37. The highest BCUT2D eigenvalue weighted by atomic mass is 16.2. The maximum Gasteiger partial charge on any atom is 0.255 e. The fourth-order valence-electron chi connectivity index (χ4n) is 5.63. The van der Waals surface area contributed by atoms with Crippen molar-refractivity contribution in [3.05, 3.63) is 34.9 Å². The first-order valence-corrected chi connectivity index (χ1v) is 9.86. The van der Waals surface area contributed by atoms with Gasteiger partial charge in [-0.05, 0) is 60.6 Å². The van der Waals surface area contributed by atoms with Crippen LogP contribution in [0, 0.1) is 11.8 Å². The van der Waals surface area contributed by atoms with Gasteiger partial charge in [0, 0.05) is 18.5 Å². The fourth-order valence-corrected chi connectivity index (χ4v) is 5.63. The van der Waals surface area contributed by atoms with Gasteiger partial charge >= 0.3 is 0 Å². The van der Waals surface area contributed by atoms with Crippen molar-refractivity contribution in [3.63, 3.8) is 0 Å². The fraction of sp³-hybridized carbons (Fsp3) is 0.571. The second-order valence-electron chi connectivity index (χ2n) is 8.53. The van der Waals surface area contributed by atoms with Crippen LogP contribution in [-0.2, 0) is 16.1 Å². The van der Waals surface area contributed by atoms with Crippen molar-refractivity contribution < 1.29 is 14.4 Å². The van der Waals surface area contributed by atoms with Crippen LogP contribution in [0.1, 0.15) is 72.3 Å². The number of nitrogens with zero attached hydrogens (tertiary/aromatic N) is 1. The Morgan fingerprint density at radius 2 is 1.73 bits per heavy atom. The molecule has 3 amide bonds. The zero-order valence-corrected chi connectivity index (χ0v) is 14.9. The standard InChI is InChI=1S/C21H24N2O3/c24-19-6-5-18(20(25)22-19)23-11-16-10-14(3-4-17(16)21(23)26)15-8-12-1-2-13(7-12)9-15/h3-4,10,12-13,15,18H,1-2,5-9,11H2,(H,22,24,25)/t12-,13+,15?,18?. The third-order valence-electron chi connectivity index (χ3n) is 6.90. The second-order valence-corrected chi connectivity index (χ2v) is 8.53. The predicted molar refractivity (Wildman–Crippen MR) is 95.3 cm³/mol. The molecule has 2 bridgehead atoms. The van der Waals surface area contributed by atoms with Crippen LogP contribution in [0.4, 0.5) is 0 Å². The summed E-state index contributed by atoms with van der Waals surface area (Å²) in [5, 5.41) is 2.36. The molecule has 26 heavy (non-hydrogen) atoms. The van der Waals surface area contributed by atoms with Crippen molar-refractivity contribution in [2.24, 2.45) is 11.8 Å². The quantitative estimate of drug-likeness (QED) is 0.832. The highest BCUT2D eigenvalue weighted by molar-refractivity contribution is 6.05. The number of carbonyl (C=O) groups excluding carboxylic acids is 3. The highest BCUT2D eigenvalue weighted by Crippen LogP contribution is 2.48. The minimum Gasteiger partial charge on any atom is -0.322 e. The number of hydrogen-bond donors (Lipinski definition) is 1. The summed E-state index contributed by atoms with van der Waals surface area (Å²) in [4.78, 5) is 38.0. The van der Waals surface area contributed by atoms with Gasteiger partial charge in [0.25, 0.3) is 5.91 Å². The smallest absolute Gasteiger partial charge is 0.255 e. The van der Waals surface area contributed by atoms with Crippen molar-refractivity contribution >= 4 is 17.7 Å². The van der Waals surface area contributed by atoms with Crippen LogP contribution in [0.5, 0.6) is 0 Å². The molecule has 3 fully saturated rings. The molecule has 0 radical (unpaired) electrons. The number of rotatable bonds is 2. The van der Waals surface area contributed by atoms with Crippen molar-refractivity contribution in [2.45, 2.75) is 63.5 Å². The molecule has 5 heteroatoms. The molecule has 136 valence electrons. The molecule has 4 atom stereocenters. The van der Waals surface area contributed by atoms with Gasteiger partial charge in [0.15, 0.2) is 0 Å². The van der Waals surface area contributed by atoms with Crippen molar-refractivity contribution in [1.29, 1.82) is 0 Å². The van der Waals surface area contributed by atoms with Gasteiger partial charge in [0.05, 0.1) is 0 Å². The van der Waals surface area contributed by atoms with E-state index in [9.17, 15) is 14.4 Å². The Kier molecular flexibility index (Phi) is 3.66. The number of hydrogen-bond acceptors (Lipinski definition) is 3. The SMILES string of the molecule is O=C1CCC(N2Cc3cc(C4C[C@H]5CC[C@@H](C4)C5)ccc3C2=O)C(=O)N1. The van der Waals surface area contributed by atoms with Crippen LogP contribution in [0.25, 0.3) is 0 Å². The number of nitrogens with one attached hydrogen (secondary N) is 1. The van der Waals surface area contributed by atoms with E-state index in [1.807, 2.05) is 6.07 Å². The minimum atomic E-state index is -0.526. The van der Waals surface area contributed by atoms with Crippen LogP contribution >= 0.6 is 0 Å². The number of carbonyl (C=O) groups is 3. The third-order valence-corrected chi connectivity index (χ3v) is 6.90. The molecular formula is C21H24N2O3. The normalized spacial score (nSPS) is 33.4. The molecule has 2 heterocycles. The molecule has 1 saturated heterocycles. The molecule has 0 aromatic heterocycles. The summed E-state index contributed by atoms with van der Waals surface area (Å²) in [5.41, 5.74) is 3.12. The molecule has 4 aliphatic rings. The van der Waals surface area contributed by atoms with Gasteiger partial charge in [-0.1, -0.05) is 25.0 Å². The maximum absolute atomic E-state index is 12.8. The molecule has 1 aromatic rings. The van der Waals surface area contributed by atoms with E-state index in [1.165, 1.54) is 37.7 Å². The lowest BCUT2D eigenvalue weighted by molar-refractivity contribution is -0.136. The topological polar surface area (TPSA) is 66.5 Å². The lowest BCUT2D eigenvalue weighted by Crippen LogP contribution is -2.52. The van der Waals surface area contributed by atoms with Crippen LogP contribution in [0.15, 0.2) is 18.2 Å². The van der Waals surface area contributed by atoms with E-state index in [1.54, 1.807) is 4.90 Å². The average molecular weight is 352 g/mol. The molecular weight excluding hydrogens is 328 g/mol. The van der Waals surface area contributed by atoms with Gasteiger partial charge in [-0.3, -0.25) is 19.7 Å². The van der Waals surface area contributed by atoms with E-state index in [0.717, 1.165) is 23.0 Å². The summed E-state index contributed by atoms with van der Waals surface area (Å²) in [6.45, 7) is 0.480. The van der Waals surface area contributed by atoms with Gasteiger partial charge < -0.3 is 4.90 Å². The van der Waals surface area contributed by atoms with Crippen molar-refractivity contribution in [1.82, 2.24) is 10.2 Å². The Bertz CT molecular complexity index is 790. The van der Waals surface area contributed by atoms with Crippen LogP contribution < -0.4 is 5.32 Å². The number of piperidine rings is 1. The zero-order valence-electron chi connectivity index (χ0n) is 14.9. The van der Waals surface area contributed by atoms with Crippen LogP contribution in [0.2, 0.25) is 0 Å². The van der Waals surface area contributed by atoms with E-state index in [-0.39, 0.29) is 17.7 Å². The Morgan fingerprint density at radius 3 is 2.46 bits per heavy atom. The largest absolute Gasteiger partial charge is 0.322 e. The molecule has 2 aliphatic heterocycles. The summed E-state index contributed by atoms with van der Waals surface area (Å²) >= 11 is 0. The average Bonchev–Trinajstić information content (AvgIpc) is 3.13. The maximum atomic E-state index is 12.8. The Hall–Kier alpha value is -2.17. The summed E-state index contributed by atoms with van der Waals surface area (Å²) < 4.78 is 0. The Morgan fingerprint density at radius 1 is 0.962 bits per heavy atom. The molecule has 5 nitrogen and oxygen atoms in total. The van der Waals surface area contributed by atoms with Crippen molar-refractivity contribution in [3.8, 4) is 0 Å². The van der Waals surface area contributed by atoms with Crippen molar-refractivity contribution in [2.75, 3.05) is 0 Å². The van der Waals surface area contributed by atoms with E-state index in [2.05, 4.69) is 17.4 Å². The summed E-state index contributed by atoms with van der Waals surface area (Å²) in [7, 11) is 0. The van der Waals surface area contributed by atoms with E-state index in [0.29, 0.717) is 25.3 Å². The van der Waals surface area contributed by atoms with Gasteiger partial charge in [-0.2, -0.15) is 0 Å². The molecule has 5 rings (SSSR count). The lowest BCUT2D eigenvalue weighted by atomic mass is 9.77. The summed E-state index contributed by atoms with van der Waals surface area (Å²) in [6.07, 6.45) is 7.45. The van der Waals surface area contributed by atoms with E-state index < -0.39 is 6.04 Å². The van der Waals surface area contributed by atoms with Gasteiger partial charge in [-0.15, -0.1) is 0 Å². The Labute approximate surface area is 153 Å². The van der Waals surface area contributed by atoms with Gasteiger partial charge in [0.2, 0.25) is 11.8 Å². The molecule has 0 spiro atoms. The second kappa shape index (κ2) is 5.93. The highest BCUT2D eigenvalue weighted by Gasteiger charge is 2.40. The first-order chi connectivity index (χ1) is 12.6. The third kappa shape index (κ3) is 2.56. The molecule has 2 unspecified atom stereocenters. The zero-order chi connectivity index (χ0) is 17.8. The number of amides is 3. The monoisotopic (exact) mass is 352 g/mol. The van der Waals surface area contributed by atoms with Gasteiger partial charge in [-0.25, -0.2) is 0 Å².